The highest BCUT2D eigenvalue weighted by molar-refractivity contribution is 7.14. The van der Waals surface area contributed by atoms with Gasteiger partial charge in [-0.05, 0) is 43.2 Å². The van der Waals surface area contributed by atoms with Crippen LogP contribution in [0.15, 0.2) is 52.9 Å². The van der Waals surface area contributed by atoms with Gasteiger partial charge in [0.25, 0.3) is 0 Å². The number of thiazole rings is 1. The Kier molecular flexibility index (Phi) is 5.83. The first-order valence-corrected chi connectivity index (χ1v) is 10.3. The van der Waals surface area contributed by atoms with Crippen LogP contribution in [-0.4, -0.2) is 34.7 Å². The number of halogens is 4. The van der Waals surface area contributed by atoms with Crippen molar-refractivity contribution < 1.29 is 32.2 Å². The lowest BCUT2D eigenvalue weighted by Crippen LogP contribution is -2.19. The van der Waals surface area contributed by atoms with Crippen molar-refractivity contribution in [2.75, 3.05) is 5.01 Å². The van der Waals surface area contributed by atoms with Crippen molar-refractivity contribution in [1.82, 2.24) is 4.98 Å². The lowest BCUT2D eigenvalue weighted by molar-refractivity contribution is -0.274. The third kappa shape index (κ3) is 5.22. The zero-order chi connectivity index (χ0) is 22.9. The summed E-state index contributed by atoms with van der Waals surface area (Å²) in [6.45, 7) is 0. The molecule has 11 heteroatoms. The Hall–Kier alpha value is -3.47. The number of carboxylic acids is 1. The van der Waals surface area contributed by atoms with E-state index in [1.165, 1.54) is 41.8 Å². The smallest absolute Gasteiger partial charge is 0.478 e. The molecule has 1 aliphatic rings. The first kappa shape index (κ1) is 21.8. The van der Waals surface area contributed by atoms with Crippen molar-refractivity contribution in [2.24, 2.45) is 5.10 Å². The van der Waals surface area contributed by atoms with Crippen LogP contribution in [0.5, 0.6) is 5.75 Å². The Balaban J connectivity index is 1.59. The molecule has 1 aromatic heterocycles. The van der Waals surface area contributed by atoms with Gasteiger partial charge in [0.15, 0.2) is 0 Å². The average molecular weight is 465 g/mol. The molecule has 166 valence electrons. The van der Waals surface area contributed by atoms with Gasteiger partial charge in [0.05, 0.1) is 23.5 Å². The first-order chi connectivity index (χ1) is 15.2. The van der Waals surface area contributed by atoms with Crippen LogP contribution in [0, 0.1) is 5.82 Å². The number of carboxylic acid groups (broad SMARTS) is 1. The fourth-order valence-electron chi connectivity index (χ4n) is 2.92. The molecule has 2 aromatic carbocycles. The largest absolute Gasteiger partial charge is 0.573 e. The van der Waals surface area contributed by atoms with Gasteiger partial charge in [-0.15, -0.1) is 24.5 Å². The number of hydrogen-bond donors (Lipinski definition) is 1. The summed E-state index contributed by atoms with van der Waals surface area (Å²) in [6.07, 6.45) is -1.74. The number of hydrazone groups is 1. The molecule has 1 saturated carbocycles. The number of aromatic carboxylic acids is 1. The quantitative estimate of drug-likeness (QED) is 0.281. The zero-order valence-corrected chi connectivity index (χ0v) is 17.0. The summed E-state index contributed by atoms with van der Waals surface area (Å²) in [7, 11) is 0. The van der Waals surface area contributed by atoms with Crippen LogP contribution in [0.4, 0.5) is 22.7 Å². The van der Waals surface area contributed by atoms with Crippen molar-refractivity contribution in [2.45, 2.75) is 25.2 Å². The molecular weight excluding hydrogens is 450 g/mol. The van der Waals surface area contributed by atoms with Crippen molar-refractivity contribution in [1.29, 1.82) is 0 Å². The number of ether oxygens (including phenoxy) is 1. The molecule has 1 aliphatic carbocycles. The van der Waals surface area contributed by atoms with Gasteiger partial charge in [-0.25, -0.2) is 19.2 Å². The molecule has 6 nitrogen and oxygen atoms in total. The van der Waals surface area contributed by atoms with Crippen LogP contribution < -0.4 is 9.75 Å². The van der Waals surface area contributed by atoms with Gasteiger partial charge >= 0.3 is 12.3 Å². The van der Waals surface area contributed by atoms with Crippen molar-refractivity contribution in [3.63, 3.8) is 0 Å². The second kappa shape index (κ2) is 8.58. The van der Waals surface area contributed by atoms with Crippen LogP contribution in [0.3, 0.4) is 0 Å². The summed E-state index contributed by atoms with van der Waals surface area (Å²) in [6, 6.07) is 8.96. The van der Waals surface area contributed by atoms with Gasteiger partial charge in [0, 0.05) is 16.5 Å². The number of aromatic nitrogens is 1. The molecule has 0 saturated heterocycles. The van der Waals surface area contributed by atoms with Crippen molar-refractivity contribution >= 4 is 28.7 Å². The lowest BCUT2D eigenvalue weighted by atomic mass is 10.1. The molecule has 1 fully saturated rings. The Morgan fingerprint density at radius 1 is 1.25 bits per heavy atom. The molecule has 0 bridgehead atoms. The third-order valence-electron chi connectivity index (χ3n) is 4.51. The van der Waals surface area contributed by atoms with E-state index in [4.69, 9.17) is 0 Å². The van der Waals surface area contributed by atoms with Crippen LogP contribution in [0.2, 0.25) is 0 Å². The predicted octanol–water partition coefficient (Wildman–Crippen LogP) is 5.55. The Morgan fingerprint density at radius 3 is 2.72 bits per heavy atom. The van der Waals surface area contributed by atoms with Crippen molar-refractivity contribution in [3.05, 3.63) is 64.8 Å². The zero-order valence-electron chi connectivity index (χ0n) is 16.2. The van der Waals surface area contributed by atoms with E-state index in [-0.39, 0.29) is 22.9 Å². The van der Waals surface area contributed by atoms with E-state index in [0.29, 0.717) is 16.4 Å². The molecule has 4 rings (SSSR count). The summed E-state index contributed by atoms with van der Waals surface area (Å²) in [5.41, 5.74) is 0.913. The number of rotatable bonds is 7. The Labute approximate surface area is 183 Å². The van der Waals surface area contributed by atoms with E-state index in [1.54, 1.807) is 16.5 Å². The summed E-state index contributed by atoms with van der Waals surface area (Å²) < 4.78 is 54.8. The van der Waals surface area contributed by atoms with E-state index in [9.17, 15) is 27.5 Å². The fraction of sp³-hybridized carbons (Fsp3) is 0.190. The highest BCUT2D eigenvalue weighted by Gasteiger charge is 2.32. The predicted molar refractivity (Wildman–Crippen MR) is 111 cm³/mol. The minimum Gasteiger partial charge on any atom is -0.478 e. The van der Waals surface area contributed by atoms with Crippen LogP contribution >= 0.6 is 11.3 Å². The van der Waals surface area contributed by atoms with Gasteiger partial charge < -0.3 is 9.84 Å². The fourth-order valence-corrected chi connectivity index (χ4v) is 3.79. The molecule has 0 unspecified atom stereocenters. The maximum absolute atomic E-state index is 13.4. The van der Waals surface area contributed by atoms with Crippen LogP contribution in [-0.2, 0) is 0 Å². The van der Waals surface area contributed by atoms with Crippen LogP contribution in [0.25, 0.3) is 11.3 Å². The third-order valence-corrected chi connectivity index (χ3v) is 5.34. The molecule has 1 N–H and O–H groups in total. The molecule has 0 radical (unpaired) electrons. The maximum Gasteiger partial charge on any atom is 0.573 e. The minimum atomic E-state index is -4.79. The molecule has 0 amide bonds. The molecule has 0 spiro atoms. The molecular formula is C21H15F4N3O3S. The van der Waals surface area contributed by atoms with E-state index in [1.807, 2.05) is 0 Å². The number of nitrogens with zero attached hydrogens (tertiary/aromatic N) is 3. The summed E-state index contributed by atoms with van der Waals surface area (Å²) in [4.78, 5) is 15.9. The van der Waals surface area contributed by atoms with Gasteiger partial charge in [-0.3, -0.25) is 0 Å². The van der Waals surface area contributed by atoms with E-state index >= 15 is 0 Å². The second-order valence-electron chi connectivity index (χ2n) is 6.95. The van der Waals surface area contributed by atoms with E-state index in [0.717, 1.165) is 25.0 Å². The van der Waals surface area contributed by atoms with Gasteiger partial charge in [0.1, 0.15) is 11.6 Å². The number of carbonyl (C=O) groups is 1. The number of alkyl halides is 3. The Bertz CT molecular complexity index is 1180. The van der Waals surface area contributed by atoms with Crippen LogP contribution in [0.1, 0.15) is 28.8 Å². The lowest BCUT2D eigenvalue weighted by Gasteiger charge is -2.14. The van der Waals surface area contributed by atoms with Crippen molar-refractivity contribution in [3.8, 4) is 17.0 Å². The van der Waals surface area contributed by atoms with Gasteiger partial charge in [-0.2, -0.15) is 5.10 Å². The highest BCUT2D eigenvalue weighted by atomic mass is 32.1. The number of benzene rings is 2. The SMILES string of the molecule is O=C(O)c1cc(F)ccc1/C=N/N(c1nc(-c2cccc(OC(F)(F)F)c2)cs1)C1CC1. The first-order valence-electron chi connectivity index (χ1n) is 9.37. The molecule has 0 atom stereocenters. The summed E-state index contributed by atoms with van der Waals surface area (Å²) in [5, 5.41) is 17.5. The molecule has 0 aliphatic heterocycles. The van der Waals surface area contributed by atoms with Gasteiger partial charge in [-0.1, -0.05) is 12.1 Å². The molecule has 3 aromatic rings. The molecule has 32 heavy (non-hydrogen) atoms. The monoisotopic (exact) mass is 465 g/mol. The average Bonchev–Trinajstić information content (AvgIpc) is 3.44. The van der Waals surface area contributed by atoms with Gasteiger partial charge in [0.2, 0.25) is 5.13 Å². The topological polar surface area (TPSA) is 75.0 Å². The summed E-state index contributed by atoms with van der Waals surface area (Å²) >= 11 is 1.25. The standard InChI is InChI=1S/C21H15F4N3O3S/c22-14-5-4-13(17(9-14)19(29)30)10-26-28(15-6-7-15)20-27-18(11-32-20)12-2-1-3-16(8-12)31-21(23,24)25/h1-5,8-11,15H,6-7H2,(H,29,30)/b26-10+. The maximum atomic E-state index is 13.4. The summed E-state index contributed by atoms with van der Waals surface area (Å²) in [5.74, 6) is -2.29. The molecule has 1 heterocycles. The Morgan fingerprint density at radius 2 is 2.03 bits per heavy atom. The van der Waals surface area contributed by atoms with E-state index in [2.05, 4.69) is 14.8 Å². The normalized spacial score (nSPS) is 14.0. The number of hydrogen-bond acceptors (Lipinski definition) is 6. The minimum absolute atomic E-state index is 0.0684. The highest BCUT2D eigenvalue weighted by Crippen LogP contribution is 2.36. The van der Waals surface area contributed by atoms with E-state index < -0.39 is 18.1 Å². The number of anilines is 1. The second-order valence-corrected chi connectivity index (χ2v) is 7.78.